The number of benzene rings is 1. The molecule has 1 heterocycles. The molecule has 0 radical (unpaired) electrons. The Morgan fingerprint density at radius 1 is 1.29 bits per heavy atom. The topological polar surface area (TPSA) is 62.2 Å². The molecule has 3 rings (SSSR count). The molecule has 6 heteroatoms. The van der Waals surface area contributed by atoms with Crippen molar-refractivity contribution in [3.63, 3.8) is 0 Å². The van der Waals surface area contributed by atoms with Crippen LogP contribution in [0.15, 0.2) is 60.3 Å². The zero-order valence-corrected chi connectivity index (χ0v) is 17.2. The fourth-order valence-corrected chi connectivity index (χ4v) is 3.34. The lowest BCUT2D eigenvalue weighted by Crippen LogP contribution is -2.41. The number of nitrogens with zero attached hydrogens (tertiary/aromatic N) is 1. The third-order valence-electron chi connectivity index (χ3n) is 4.83. The molecule has 0 saturated carbocycles. The van der Waals surface area contributed by atoms with Crippen molar-refractivity contribution in [2.24, 2.45) is 5.92 Å². The molecule has 2 N–H and O–H groups in total. The number of hydrogen-bond acceptors (Lipinski definition) is 3. The molecule has 0 saturated heterocycles. The second kappa shape index (κ2) is 8.91. The lowest BCUT2D eigenvalue weighted by molar-refractivity contribution is 0.0868. The summed E-state index contributed by atoms with van der Waals surface area (Å²) in [7, 11) is 0. The van der Waals surface area contributed by atoms with Gasteiger partial charge in [0.15, 0.2) is 0 Å². The van der Waals surface area contributed by atoms with Gasteiger partial charge >= 0.3 is 0 Å². The fourth-order valence-electron chi connectivity index (χ4n) is 3.04. The molecule has 28 heavy (non-hydrogen) atoms. The summed E-state index contributed by atoms with van der Waals surface area (Å²) in [5.74, 6) is 0.0888. The summed E-state index contributed by atoms with van der Waals surface area (Å²) >= 11 is 12.0. The molecule has 0 aliphatic heterocycles. The smallest absolute Gasteiger partial charge is 0.253 e. The minimum atomic E-state index is -0.952. The Morgan fingerprint density at radius 2 is 2.07 bits per heavy atom. The van der Waals surface area contributed by atoms with Crippen LogP contribution < -0.4 is 5.32 Å². The average Bonchev–Trinajstić information content (AvgIpc) is 2.69. The minimum Gasteiger partial charge on any atom is -0.386 e. The van der Waals surface area contributed by atoms with E-state index >= 15 is 0 Å². The summed E-state index contributed by atoms with van der Waals surface area (Å²) < 4.78 is 0. The van der Waals surface area contributed by atoms with E-state index in [-0.39, 0.29) is 5.91 Å². The van der Waals surface area contributed by atoms with Crippen molar-refractivity contribution in [3.05, 3.63) is 87.2 Å². The predicted octanol–water partition coefficient (Wildman–Crippen LogP) is 5.05. The molecule has 146 valence electrons. The molecule has 1 aliphatic carbocycles. The number of carbonyl (C=O) groups is 1. The molecule has 0 spiro atoms. The first-order valence-corrected chi connectivity index (χ1v) is 9.85. The summed E-state index contributed by atoms with van der Waals surface area (Å²) in [6.07, 6.45) is 7.39. The second-order valence-electron chi connectivity index (χ2n) is 7.05. The van der Waals surface area contributed by atoms with Gasteiger partial charge in [0.1, 0.15) is 11.3 Å². The predicted molar refractivity (Wildman–Crippen MR) is 113 cm³/mol. The average molecular weight is 417 g/mol. The van der Waals surface area contributed by atoms with Crippen LogP contribution in [0.1, 0.15) is 40.9 Å². The number of amides is 1. The largest absolute Gasteiger partial charge is 0.386 e. The molecule has 2 aromatic rings. The Kier molecular flexibility index (Phi) is 6.55. The molecule has 3 unspecified atom stereocenters. The van der Waals surface area contributed by atoms with Crippen LogP contribution in [0.3, 0.4) is 0 Å². The molecule has 1 aromatic heterocycles. The van der Waals surface area contributed by atoms with E-state index in [0.717, 1.165) is 17.6 Å². The Bertz CT molecular complexity index is 923. The van der Waals surface area contributed by atoms with Crippen molar-refractivity contribution in [3.8, 4) is 0 Å². The molecule has 1 aliphatic rings. The number of rotatable bonds is 5. The monoisotopic (exact) mass is 416 g/mol. The highest BCUT2D eigenvalue weighted by Crippen LogP contribution is 2.29. The van der Waals surface area contributed by atoms with Crippen LogP contribution in [0, 0.1) is 12.8 Å². The van der Waals surface area contributed by atoms with Crippen LogP contribution in [-0.2, 0) is 0 Å². The van der Waals surface area contributed by atoms with Crippen molar-refractivity contribution in [1.29, 1.82) is 0 Å². The Labute approximate surface area is 174 Å². The van der Waals surface area contributed by atoms with E-state index in [4.69, 9.17) is 23.2 Å². The second-order valence-corrected chi connectivity index (χ2v) is 7.84. The van der Waals surface area contributed by atoms with E-state index in [1.54, 1.807) is 18.2 Å². The summed E-state index contributed by atoms with van der Waals surface area (Å²) in [4.78, 5) is 16.7. The van der Waals surface area contributed by atoms with Crippen LogP contribution in [0.4, 0.5) is 0 Å². The summed E-state index contributed by atoms with van der Waals surface area (Å²) in [6.45, 7) is 4.02. The Morgan fingerprint density at radius 3 is 2.68 bits per heavy atom. The van der Waals surface area contributed by atoms with Gasteiger partial charge in [0.05, 0.1) is 11.6 Å². The molecule has 1 aromatic carbocycles. The van der Waals surface area contributed by atoms with Gasteiger partial charge in [0.2, 0.25) is 0 Å². The lowest BCUT2D eigenvalue weighted by Gasteiger charge is -2.28. The highest BCUT2D eigenvalue weighted by molar-refractivity contribution is 6.31. The van der Waals surface area contributed by atoms with Crippen molar-refractivity contribution in [2.75, 3.05) is 0 Å². The van der Waals surface area contributed by atoms with Crippen molar-refractivity contribution in [2.45, 2.75) is 32.4 Å². The highest BCUT2D eigenvalue weighted by Gasteiger charge is 2.27. The normalized spacial score (nSPS) is 18.3. The number of hydrogen-bond donors (Lipinski definition) is 2. The maximum absolute atomic E-state index is 12.7. The van der Waals surface area contributed by atoms with Crippen LogP contribution >= 0.6 is 23.2 Å². The third-order valence-corrected chi connectivity index (χ3v) is 5.46. The summed E-state index contributed by atoms with van der Waals surface area (Å²) in [5, 5.41) is 14.9. The van der Waals surface area contributed by atoms with E-state index in [1.165, 1.54) is 6.20 Å². The van der Waals surface area contributed by atoms with Gasteiger partial charge in [0, 0.05) is 11.2 Å². The number of nitrogens with one attached hydrogen (secondary N) is 1. The van der Waals surface area contributed by atoms with Crippen molar-refractivity contribution < 1.29 is 9.90 Å². The Hall–Kier alpha value is -2.14. The van der Waals surface area contributed by atoms with Crippen LogP contribution in [0.2, 0.25) is 10.2 Å². The maximum Gasteiger partial charge on any atom is 0.253 e. The quantitative estimate of drug-likeness (QED) is 0.670. The molecule has 0 fully saturated rings. The van der Waals surface area contributed by atoms with Gasteiger partial charge in [-0.25, -0.2) is 4.98 Å². The van der Waals surface area contributed by atoms with E-state index in [1.807, 2.05) is 25.1 Å². The van der Waals surface area contributed by atoms with E-state index in [2.05, 4.69) is 29.4 Å². The van der Waals surface area contributed by atoms with Gasteiger partial charge < -0.3 is 10.4 Å². The van der Waals surface area contributed by atoms with Crippen molar-refractivity contribution >= 4 is 29.1 Å². The fraction of sp³-hybridized carbons (Fsp3) is 0.273. The standard InChI is InChI=1S/C22H22Cl2N2O2/c1-13-3-6-15(7-4-13)20(21(27)16-8-5-14(2)18(23)11-16)26-22(28)17-9-10-19(24)25-12-17/h3,5-13,20-21,27H,4H2,1-2H3,(H,26,28). The van der Waals surface area contributed by atoms with Gasteiger partial charge in [-0.1, -0.05) is 60.5 Å². The number of aliphatic hydroxyl groups is 1. The number of allylic oxidation sites excluding steroid dienone is 2. The Balaban J connectivity index is 1.90. The van der Waals surface area contributed by atoms with Gasteiger partial charge in [-0.15, -0.1) is 0 Å². The number of aromatic nitrogens is 1. The van der Waals surface area contributed by atoms with E-state index in [9.17, 15) is 9.90 Å². The molecular weight excluding hydrogens is 395 g/mol. The molecule has 4 nitrogen and oxygen atoms in total. The van der Waals surface area contributed by atoms with Gasteiger partial charge in [0.25, 0.3) is 5.91 Å². The number of halogens is 2. The summed E-state index contributed by atoms with van der Waals surface area (Å²) in [6, 6.07) is 7.96. The van der Waals surface area contributed by atoms with E-state index < -0.39 is 12.1 Å². The van der Waals surface area contributed by atoms with Crippen LogP contribution in [0.5, 0.6) is 0 Å². The zero-order chi connectivity index (χ0) is 20.3. The SMILES string of the molecule is Cc1ccc(C(O)C(NC(=O)c2ccc(Cl)nc2)C2=CCC(C)C=C2)cc1Cl. The van der Waals surface area contributed by atoms with Crippen LogP contribution in [-0.4, -0.2) is 22.0 Å². The third kappa shape index (κ3) is 4.82. The molecule has 0 bridgehead atoms. The van der Waals surface area contributed by atoms with Crippen molar-refractivity contribution in [1.82, 2.24) is 10.3 Å². The highest BCUT2D eigenvalue weighted by atomic mass is 35.5. The number of pyridine rings is 1. The maximum atomic E-state index is 12.7. The zero-order valence-electron chi connectivity index (χ0n) is 15.7. The minimum absolute atomic E-state index is 0.314. The number of aliphatic hydroxyl groups excluding tert-OH is 1. The molecule has 3 atom stereocenters. The van der Waals surface area contributed by atoms with Crippen LogP contribution in [0.25, 0.3) is 0 Å². The van der Waals surface area contributed by atoms with Gasteiger partial charge in [-0.2, -0.15) is 0 Å². The number of aryl methyl sites for hydroxylation is 1. The van der Waals surface area contributed by atoms with E-state index in [0.29, 0.717) is 27.2 Å². The van der Waals surface area contributed by atoms with Gasteiger partial charge in [-0.3, -0.25) is 4.79 Å². The van der Waals surface area contributed by atoms with Gasteiger partial charge in [-0.05, 0) is 54.2 Å². The lowest BCUT2D eigenvalue weighted by atomic mass is 9.89. The molecule has 1 amide bonds. The first kappa shape index (κ1) is 20.6. The molecular formula is C22H22Cl2N2O2. The first-order valence-electron chi connectivity index (χ1n) is 9.10. The number of carbonyl (C=O) groups excluding carboxylic acids is 1. The summed E-state index contributed by atoms with van der Waals surface area (Å²) in [5.41, 5.74) is 2.80. The first-order chi connectivity index (χ1) is 13.3.